The summed E-state index contributed by atoms with van der Waals surface area (Å²) in [5.41, 5.74) is 2.93. The summed E-state index contributed by atoms with van der Waals surface area (Å²) < 4.78 is 4.63. The smallest absolute Gasteiger partial charge is 0.305 e. The molecular weight excluding hydrogens is 348 g/mol. The van der Waals surface area contributed by atoms with Crippen molar-refractivity contribution in [2.75, 3.05) is 20.7 Å². The van der Waals surface area contributed by atoms with E-state index in [1.807, 2.05) is 0 Å². The van der Waals surface area contributed by atoms with Gasteiger partial charge in [-0.15, -0.1) is 0 Å². The van der Waals surface area contributed by atoms with E-state index >= 15 is 0 Å². The Balaban J connectivity index is 2.12. The number of benzene rings is 1. The molecule has 1 aromatic heterocycles. The Hall–Kier alpha value is -2.34. The molecule has 6 heteroatoms. The van der Waals surface area contributed by atoms with Crippen molar-refractivity contribution in [3.8, 4) is 0 Å². The third-order valence-electron chi connectivity index (χ3n) is 3.99. The van der Waals surface area contributed by atoms with Gasteiger partial charge in [0.25, 0.3) is 5.91 Å². The quantitative estimate of drug-likeness (QED) is 0.691. The van der Waals surface area contributed by atoms with Crippen LogP contribution in [0.5, 0.6) is 0 Å². The number of aryl methyl sites for hydroxylation is 2. The Morgan fingerprint density at radius 2 is 2.00 bits per heavy atom. The minimum atomic E-state index is -0.265. The number of pyridine rings is 1. The van der Waals surface area contributed by atoms with E-state index in [1.165, 1.54) is 24.4 Å². The summed E-state index contributed by atoms with van der Waals surface area (Å²) in [5, 5.41) is 0.685. The molecule has 5 nitrogen and oxygen atoms in total. The van der Waals surface area contributed by atoms with Crippen LogP contribution in [-0.4, -0.2) is 42.5 Å². The molecule has 0 unspecified atom stereocenters. The van der Waals surface area contributed by atoms with Crippen LogP contribution in [0, 0.1) is 13.8 Å². The predicted octanol–water partition coefficient (Wildman–Crippen LogP) is 3.87. The molecule has 0 aliphatic carbocycles. The zero-order chi connectivity index (χ0) is 19.1. The maximum atomic E-state index is 12.8. The van der Waals surface area contributed by atoms with Crippen molar-refractivity contribution < 1.29 is 14.3 Å². The lowest BCUT2D eigenvalue weighted by atomic mass is 10.2. The summed E-state index contributed by atoms with van der Waals surface area (Å²) in [6, 6.07) is 9.78. The van der Waals surface area contributed by atoms with Crippen LogP contribution in [0.15, 0.2) is 46.5 Å². The summed E-state index contributed by atoms with van der Waals surface area (Å²) in [4.78, 5) is 31.1. The first kappa shape index (κ1) is 20.0. The first-order chi connectivity index (χ1) is 12.4. The Bertz CT molecular complexity index is 792. The first-order valence-electron chi connectivity index (χ1n) is 8.44. The van der Waals surface area contributed by atoms with E-state index in [2.05, 4.69) is 41.8 Å². The highest BCUT2D eigenvalue weighted by atomic mass is 32.2. The number of aromatic nitrogens is 1. The second-order valence-corrected chi connectivity index (χ2v) is 7.16. The summed E-state index contributed by atoms with van der Waals surface area (Å²) >= 11 is 1.49. The van der Waals surface area contributed by atoms with Crippen LogP contribution >= 0.6 is 11.8 Å². The molecule has 0 aliphatic heterocycles. The molecule has 0 spiro atoms. The second kappa shape index (κ2) is 9.38. The average molecular weight is 372 g/mol. The van der Waals surface area contributed by atoms with Gasteiger partial charge in [0.1, 0.15) is 5.03 Å². The summed E-state index contributed by atoms with van der Waals surface area (Å²) in [6.45, 7) is 4.59. The lowest BCUT2D eigenvalue weighted by Gasteiger charge is -2.18. The third kappa shape index (κ3) is 5.33. The average Bonchev–Trinajstić information content (AvgIpc) is 2.63. The van der Waals surface area contributed by atoms with Crippen LogP contribution in [0.3, 0.4) is 0 Å². The molecule has 0 fully saturated rings. The Labute approximate surface area is 158 Å². The molecule has 1 heterocycles. The third-order valence-corrected chi connectivity index (χ3v) is 5.18. The van der Waals surface area contributed by atoms with Crippen molar-refractivity contribution in [2.45, 2.75) is 36.6 Å². The maximum absolute atomic E-state index is 12.8. The van der Waals surface area contributed by atoms with Crippen molar-refractivity contribution in [1.82, 2.24) is 9.88 Å². The molecule has 1 amide bonds. The van der Waals surface area contributed by atoms with E-state index in [0.717, 1.165) is 10.5 Å². The van der Waals surface area contributed by atoms with Crippen LogP contribution < -0.4 is 0 Å². The number of esters is 1. The molecule has 2 rings (SSSR count). The summed E-state index contributed by atoms with van der Waals surface area (Å²) in [7, 11) is 3.10. The van der Waals surface area contributed by atoms with E-state index in [-0.39, 0.29) is 11.9 Å². The van der Waals surface area contributed by atoms with Gasteiger partial charge in [0.15, 0.2) is 0 Å². The van der Waals surface area contributed by atoms with E-state index < -0.39 is 0 Å². The van der Waals surface area contributed by atoms with Crippen molar-refractivity contribution in [3.63, 3.8) is 0 Å². The standard InChI is InChI=1S/C20H24N2O3S/c1-14-9-10-17(15(2)13-14)26-19-16(7-5-11-21-19)20(24)22(3)12-6-8-18(23)25-4/h5,7,9-11,13H,6,8,12H2,1-4H3. The molecule has 0 atom stereocenters. The molecule has 26 heavy (non-hydrogen) atoms. The van der Waals surface area contributed by atoms with Crippen molar-refractivity contribution in [1.29, 1.82) is 0 Å². The summed E-state index contributed by atoms with van der Waals surface area (Å²) in [6.07, 6.45) is 2.56. The van der Waals surface area contributed by atoms with Crippen LogP contribution in [-0.2, 0) is 9.53 Å². The van der Waals surface area contributed by atoms with Gasteiger partial charge in [-0.1, -0.05) is 29.5 Å². The first-order valence-corrected chi connectivity index (χ1v) is 9.26. The number of amides is 1. The van der Waals surface area contributed by atoms with Crippen LogP contribution in [0.4, 0.5) is 0 Å². The number of ether oxygens (including phenoxy) is 1. The number of hydrogen-bond acceptors (Lipinski definition) is 5. The van der Waals surface area contributed by atoms with Crippen molar-refractivity contribution >= 4 is 23.6 Å². The van der Waals surface area contributed by atoms with Gasteiger partial charge in [-0.3, -0.25) is 9.59 Å². The largest absolute Gasteiger partial charge is 0.469 e. The van der Waals surface area contributed by atoms with E-state index in [9.17, 15) is 9.59 Å². The van der Waals surface area contributed by atoms with Gasteiger partial charge < -0.3 is 9.64 Å². The lowest BCUT2D eigenvalue weighted by Crippen LogP contribution is -2.28. The van der Waals surface area contributed by atoms with Crippen molar-refractivity contribution in [2.24, 2.45) is 0 Å². The highest BCUT2D eigenvalue weighted by molar-refractivity contribution is 7.99. The Kier molecular flexibility index (Phi) is 7.21. The van der Waals surface area contributed by atoms with Gasteiger partial charge in [0.05, 0.1) is 12.7 Å². The molecule has 138 valence electrons. The van der Waals surface area contributed by atoms with Gasteiger partial charge >= 0.3 is 5.97 Å². The topological polar surface area (TPSA) is 59.5 Å². The number of carbonyl (C=O) groups is 2. The second-order valence-electron chi connectivity index (χ2n) is 6.13. The van der Waals surface area contributed by atoms with Gasteiger partial charge in [-0.25, -0.2) is 4.98 Å². The minimum Gasteiger partial charge on any atom is -0.469 e. The maximum Gasteiger partial charge on any atom is 0.305 e. The fourth-order valence-corrected chi connectivity index (χ4v) is 3.47. The van der Waals surface area contributed by atoms with Gasteiger partial charge in [-0.05, 0) is 44.0 Å². The number of hydrogen-bond donors (Lipinski definition) is 0. The molecule has 0 saturated heterocycles. The van der Waals surface area contributed by atoms with Crippen molar-refractivity contribution in [3.05, 3.63) is 53.2 Å². The number of methoxy groups -OCH3 is 1. The number of nitrogens with zero attached hydrogens (tertiary/aromatic N) is 2. The van der Waals surface area contributed by atoms with E-state index in [4.69, 9.17) is 0 Å². The van der Waals surface area contributed by atoms with Gasteiger partial charge in [-0.2, -0.15) is 0 Å². The van der Waals surface area contributed by atoms with E-state index in [1.54, 1.807) is 30.3 Å². The highest BCUT2D eigenvalue weighted by Gasteiger charge is 2.18. The molecule has 0 saturated carbocycles. The fraction of sp³-hybridized carbons (Fsp3) is 0.350. The molecular formula is C20H24N2O3S. The zero-order valence-electron chi connectivity index (χ0n) is 15.6. The minimum absolute atomic E-state index is 0.102. The number of carbonyl (C=O) groups excluding carboxylic acids is 2. The lowest BCUT2D eigenvalue weighted by molar-refractivity contribution is -0.140. The predicted molar refractivity (Wildman–Crippen MR) is 102 cm³/mol. The normalized spacial score (nSPS) is 10.5. The SMILES string of the molecule is COC(=O)CCCN(C)C(=O)c1cccnc1Sc1ccc(C)cc1C. The Morgan fingerprint density at radius 1 is 1.23 bits per heavy atom. The highest BCUT2D eigenvalue weighted by Crippen LogP contribution is 2.31. The molecule has 1 aromatic carbocycles. The molecule has 0 radical (unpaired) electrons. The summed E-state index contributed by atoms with van der Waals surface area (Å²) in [5.74, 6) is -0.367. The molecule has 0 N–H and O–H groups in total. The van der Waals surface area contributed by atoms with Crippen LogP contribution in [0.2, 0.25) is 0 Å². The molecule has 0 aliphatic rings. The zero-order valence-corrected chi connectivity index (χ0v) is 16.4. The molecule has 0 bridgehead atoms. The van der Waals surface area contributed by atoms with Gasteiger partial charge in [0, 0.05) is 31.1 Å². The molecule has 2 aromatic rings. The van der Waals surface area contributed by atoms with E-state index in [0.29, 0.717) is 30.0 Å². The fourth-order valence-electron chi connectivity index (χ4n) is 2.52. The van der Waals surface area contributed by atoms with Crippen LogP contribution in [0.1, 0.15) is 34.3 Å². The number of rotatable bonds is 7. The van der Waals surface area contributed by atoms with Crippen LogP contribution in [0.25, 0.3) is 0 Å². The Morgan fingerprint density at radius 3 is 2.69 bits per heavy atom. The van der Waals surface area contributed by atoms with Gasteiger partial charge in [0.2, 0.25) is 0 Å². The monoisotopic (exact) mass is 372 g/mol.